The van der Waals surface area contributed by atoms with Gasteiger partial charge in [-0.1, -0.05) is 24.3 Å². The highest BCUT2D eigenvalue weighted by atomic mass is 19.2. The summed E-state index contributed by atoms with van der Waals surface area (Å²) < 4.78 is 52.6. The number of halogens is 3. The molecule has 3 rings (SSSR count). The van der Waals surface area contributed by atoms with E-state index in [0.29, 0.717) is 11.3 Å². The fourth-order valence-electron chi connectivity index (χ4n) is 2.50. The molecule has 0 aliphatic rings. The first-order valence-electron chi connectivity index (χ1n) is 6.85. The zero-order chi connectivity index (χ0) is 16.6. The highest BCUT2D eigenvalue weighted by molar-refractivity contribution is 5.90. The predicted molar refractivity (Wildman–Crippen MR) is 82.4 cm³/mol. The predicted octanol–water partition coefficient (Wildman–Crippen LogP) is 4.94. The molecule has 3 aromatic carbocycles. The summed E-state index contributed by atoms with van der Waals surface area (Å²) in [5.41, 5.74) is 0.726. The van der Waals surface area contributed by atoms with Crippen LogP contribution >= 0.6 is 0 Å². The van der Waals surface area contributed by atoms with Crippen LogP contribution in [-0.4, -0.2) is 14.2 Å². The number of benzene rings is 3. The maximum absolute atomic E-state index is 14.7. The second kappa shape index (κ2) is 5.83. The van der Waals surface area contributed by atoms with Crippen molar-refractivity contribution in [2.45, 2.75) is 0 Å². The molecule has 0 saturated carbocycles. The number of rotatable bonds is 3. The molecule has 0 N–H and O–H groups in total. The van der Waals surface area contributed by atoms with Crippen molar-refractivity contribution in [3.8, 4) is 22.6 Å². The number of fused-ring (bicyclic) bond motifs is 1. The van der Waals surface area contributed by atoms with E-state index < -0.39 is 22.8 Å². The van der Waals surface area contributed by atoms with Crippen molar-refractivity contribution in [2.24, 2.45) is 0 Å². The maximum Gasteiger partial charge on any atom is 0.201 e. The van der Waals surface area contributed by atoms with Gasteiger partial charge in [-0.15, -0.1) is 0 Å². The lowest BCUT2D eigenvalue weighted by atomic mass is 9.99. The van der Waals surface area contributed by atoms with Crippen LogP contribution in [0.25, 0.3) is 21.9 Å². The second-order valence-electron chi connectivity index (χ2n) is 4.96. The van der Waals surface area contributed by atoms with Gasteiger partial charge in [-0.05, 0) is 29.1 Å². The lowest BCUT2D eigenvalue weighted by molar-refractivity contribution is 0.374. The third kappa shape index (κ3) is 2.48. The molecule has 0 aromatic heterocycles. The van der Waals surface area contributed by atoms with Gasteiger partial charge in [0.15, 0.2) is 11.6 Å². The van der Waals surface area contributed by atoms with E-state index in [-0.39, 0.29) is 16.7 Å². The molecule has 0 spiro atoms. The molecule has 0 aliphatic heterocycles. The van der Waals surface area contributed by atoms with Crippen LogP contribution in [0.1, 0.15) is 0 Å². The van der Waals surface area contributed by atoms with Crippen LogP contribution in [0.15, 0.2) is 42.5 Å². The molecule has 0 saturated heterocycles. The molecule has 118 valence electrons. The summed E-state index contributed by atoms with van der Waals surface area (Å²) in [5.74, 6) is -2.91. The van der Waals surface area contributed by atoms with Crippen LogP contribution in [0.3, 0.4) is 0 Å². The third-order valence-electron chi connectivity index (χ3n) is 3.71. The Balaban J connectivity index is 2.23. The van der Waals surface area contributed by atoms with Gasteiger partial charge in [0.1, 0.15) is 11.6 Å². The Morgan fingerprint density at radius 1 is 0.739 bits per heavy atom. The molecule has 0 unspecified atom stereocenters. The monoisotopic (exact) mass is 318 g/mol. The van der Waals surface area contributed by atoms with Gasteiger partial charge in [0.2, 0.25) is 5.82 Å². The van der Waals surface area contributed by atoms with Crippen LogP contribution < -0.4 is 9.47 Å². The molecule has 3 aromatic rings. The first kappa shape index (κ1) is 15.2. The summed E-state index contributed by atoms with van der Waals surface area (Å²) in [5, 5.41) is -0.160. The van der Waals surface area contributed by atoms with Crippen molar-refractivity contribution in [3.63, 3.8) is 0 Å². The molecule has 0 bridgehead atoms. The van der Waals surface area contributed by atoms with E-state index in [1.165, 1.54) is 32.4 Å². The van der Waals surface area contributed by atoms with Crippen LogP contribution in [0.4, 0.5) is 13.2 Å². The Labute approximate surface area is 131 Å². The van der Waals surface area contributed by atoms with Crippen LogP contribution in [0.5, 0.6) is 11.5 Å². The van der Waals surface area contributed by atoms with Crippen LogP contribution in [0.2, 0.25) is 0 Å². The van der Waals surface area contributed by atoms with E-state index >= 15 is 0 Å². The smallest absolute Gasteiger partial charge is 0.201 e. The molecular weight excluding hydrogens is 305 g/mol. The minimum absolute atomic E-state index is 0.184. The highest BCUT2D eigenvalue weighted by Crippen LogP contribution is 2.35. The van der Waals surface area contributed by atoms with Gasteiger partial charge in [0, 0.05) is 5.56 Å². The van der Waals surface area contributed by atoms with Gasteiger partial charge in [-0.25, -0.2) is 8.78 Å². The van der Waals surface area contributed by atoms with Crippen LogP contribution in [-0.2, 0) is 0 Å². The molecule has 0 atom stereocenters. The Morgan fingerprint density at radius 2 is 1.43 bits per heavy atom. The van der Waals surface area contributed by atoms with E-state index in [9.17, 15) is 13.2 Å². The van der Waals surface area contributed by atoms with Crippen molar-refractivity contribution in [3.05, 3.63) is 59.9 Å². The molecule has 0 radical (unpaired) electrons. The van der Waals surface area contributed by atoms with Gasteiger partial charge in [-0.2, -0.15) is 4.39 Å². The normalized spacial score (nSPS) is 10.8. The summed E-state index contributed by atoms with van der Waals surface area (Å²) >= 11 is 0. The second-order valence-corrected chi connectivity index (χ2v) is 4.96. The minimum Gasteiger partial charge on any atom is -0.497 e. The molecule has 0 aliphatic carbocycles. The van der Waals surface area contributed by atoms with Gasteiger partial charge < -0.3 is 9.47 Å². The summed E-state index contributed by atoms with van der Waals surface area (Å²) in [7, 11) is 2.75. The van der Waals surface area contributed by atoms with Crippen molar-refractivity contribution < 1.29 is 22.6 Å². The highest BCUT2D eigenvalue weighted by Gasteiger charge is 2.19. The van der Waals surface area contributed by atoms with Crippen LogP contribution in [0, 0.1) is 17.5 Å². The van der Waals surface area contributed by atoms with Crippen molar-refractivity contribution in [2.75, 3.05) is 14.2 Å². The zero-order valence-electron chi connectivity index (χ0n) is 12.5. The van der Waals surface area contributed by atoms with Gasteiger partial charge >= 0.3 is 0 Å². The van der Waals surface area contributed by atoms with Gasteiger partial charge in [0.25, 0.3) is 0 Å². The zero-order valence-corrected chi connectivity index (χ0v) is 12.5. The standard InChI is InChI=1S/C18H13F3O2/c1-22-12-6-3-10(4-7-12)13-8-5-11-9-14(23-2)17(20)18(21)15(11)16(13)19/h3-9H,1-2H3. The maximum atomic E-state index is 14.7. The largest absolute Gasteiger partial charge is 0.497 e. The Kier molecular flexibility index (Phi) is 3.86. The number of ether oxygens (including phenoxy) is 2. The molecule has 0 heterocycles. The fraction of sp³-hybridized carbons (Fsp3) is 0.111. The first-order valence-corrected chi connectivity index (χ1v) is 6.85. The summed E-state index contributed by atoms with van der Waals surface area (Å²) in [6, 6.07) is 11.0. The SMILES string of the molecule is COc1ccc(-c2ccc3cc(OC)c(F)c(F)c3c2F)cc1. The first-order chi connectivity index (χ1) is 11.1. The molecule has 0 fully saturated rings. The third-order valence-corrected chi connectivity index (χ3v) is 3.71. The van der Waals surface area contributed by atoms with E-state index in [1.807, 2.05) is 0 Å². The van der Waals surface area contributed by atoms with Gasteiger partial charge in [-0.3, -0.25) is 0 Å². The average Bonchev–Trinajstić information content (AvgIpc) is 2.58. The lowest BCUT2D eigenvalue weighted by Gasteiger charge is -2.11. The quantitative estimate of drug-likeness (QED) is 0.681. The molecule has 5 heteroatoms. The Morgan fingerprint density at radius 3 is 2.04 bits per heavy atom. The topological polar surface area (TPSA) is 18.5 Å². The summed E-state index contributed by atoms with van der Waals surface area (Å²) in [6.07, 6.45) is 0. The van der Waals surface area contributed by atoms with Crippen molar-refractivity contribution in [1.82, 2.24) is 0 Å². The summed E-state index contributed by atoms with van der Waals surface area (Å²) in [4.78, 5) is 0. The molecule has 0 amide bonds. The molecular formula is C18H13F3O2. The Hall–Kier alpha value is -2.69. The number of hydrogen-bond acceptors (Lipinski definition) is 2. The van der Waals surface area contributed by atoms with E-state index in [2.05, 4.69) is 0 Å². The minimum atomic E-state index is -1.26. The summed E-state index contributed by atoms with van der Waals surface area (Å²) in [6.45, 7) is 0. The fourth-order valence-corrected chi connectivity index (χ4v) is 2.50. The number of hydrogen-bond donors (Lipinski definition) is 0. The van der Waals surface area contributed by atoms with Crippen molar-refractivity contribution >= 4 is 10.8 Å². The van der Waals surface area contributed by atoms with E-state index in [4.69, 9.17) is 9.47 Å². The molecule has 2 nitrogen and oxygen atoms in total. The average molecular weight is 318 g/mol. The van der Waals surface area contributed by atoms with Crippen molar-refractivity contribution in [1.29, 1.82) is 0 Å². The van der Waals surface area contributed by atoms with Gasteiger partial charge in [0.05, 0.1) is 19.6 Å². The number of methoxy groups -OCH3 is 2. The van der Waals surface area contributed by atoms with E-state index in [0.717, 1.165) is 0 Å². The van der Waals surface area contributed by atoms with E-state index in [1.54, 1.807) is 24.3 Å². The Bertz CT molecular complexity index is 874. The molecule has 23 heavy (non-hydrogen) atoms. The lowest BCUT2D eigenvalue weighted by Crippen LogP contribution is -1.97.